The molecule has 0 unspecified atom stereocenters. The summed E-state index contributed by atoms with van der Waals surface area (Å²) in [6.45, 7) is 5.44. The zero-order valence-corrected chi connectivity index (χ0v) is 14.1. The summed E-state index contributed by atoms with van der Waals surface area (Å²) < 4.78 is 8.16. The first-order chi connectivity index (χ1) is 11.7. The van der Waals surface area contributed by atoms with Gasteiger partial charge < -0.3 is 4.74 Å². The molecule has 0 saturated carbocycles. The Kier molecular flexibility index (Phi) is 4.13. The maximum absolute atomic E-state index is 12.4. The first-order valence-electron chi connectivity index (χ1n) is 7.86. The molecular formula is C15H18N6O2S. The van der Waals surface area contributed by atoms with Crippen LogP contribution in [-0.2, 0) is 11.3 Å². The minimum atomic E-state index is -0.127. The molecule has 0 bridgehead atoms. The van der Waals surface area contributed by atoms with Crippen LogP contribution in [0.1, 0.15) is 17.8 Å². The molecule has 4 rings (SSSR count). The molecule has 3 aromatic heterocycles. The van der Waals surface area contributed by atoms with Crippen LogP contribution >= 0.6 is 11.3 Å². The standard InChI is InChI=1S/C15H18N6O2S/c1-10-17-14(19-18-10)12-8-20(5-6-23-12)3-4-21-9-16-11-2-7-24-13(11)15(21)22/h2,7,9,12H,3-6,8H2,1H3,(H,17,18,19)/t12-/m0/s1. The highest BCUT2D eigenvalue weighted by Crippen LogP contribution is 2.19. The number of rotatable bonds is 4. The lowest BCUT2D eigenvalue weighted by molar-refractivity contribution is -0.0351. The fourth-order valence-corrected chi connectivity index (χ4v) is 3.65. The number of thiophene rings is 1. The maximum Gasteiger partial charge on any atom is 0.271 e. The fourth-order valence-electron chi connectivity index (χ4n) is 2.85. The van der Waals surface area contributed by atoms with E-state index in [1.807, 2.05) is 18.4 Å². The van der Waals surface area contributed by atoms with Crippen LogP contribution in [0, 0.1) is 6.92 Å². The zero-order valence-electron chi connectivity index (χ0n) is 13.3. The Bertz CT molecular complexity index is 901. The van der Waals surface area contributed by atoms with Gasteiger partial charge in [0.15, 0.2) is 5.82 Å². The van der Waals surface area contributed by atoms with E-state index in [2.05, 4.69) is 25.1 Å². The van der Waals surface area contributed by atoms with E-state index in [0.717, 1.165) is 31.0 Å². The topological polar surface area (TPSA) is 88.9 Å². The number of aryl methyl sites for hydroxylation is 1. The fraction of sp³-hybridized carbons (Fsp3) is 0.467. The highest BCUT2D eigenvalue weighted by atomic mass is 32.1. The highest BCUT2D eigenvalue weighted by molar-refractivity contribution is 7.17. The molecule has 1 aliphatic heterocycles. The van der Waals surface area contributed by atoms with Crippen LogP contribution in [0.3, 0.4) is 0 Å². The summed E-state index contributed by atoms with van der Waals surface area (Å²) in [6.07, 6.45) is 1.51. The Morgan fingerprint density at radius 1 is 1.46 bits per heavy atom. The van der Waals surface area contributed by atoms with Gasteiger partial charge in [-0.05, 0) is 18.4 Å². The molecule has 8 nitrogen and oxygen atoms in total. The third-order valence-electron chi connectivity index (χ3n) is 4.15. The number of nitrogens with zero attached hydrogens (tertiary/aromatic N) is 5. The monoisotopic (exact) mass is 346 g/mol. The van der Waals surface area contributed by atoms with Gasteiger partial charge in [-0.3, -0.25) is 19.4 Å². The summed E-state index contributed by atoms with van der Waals surface area (Å²) >= 11 is 1.44. The number of nitrogens with one attached hydrogen (secondary N) is 1. The number of aromatic nitrogens is 5. The molecule has 0 aliphatic carbocycles. The van der Waals surface area contributed by atoms with Gasteiger partial charge in [0.25, 0.3) is 5.56 Å². The number of hydrogen-bond acceptors (Lipinski definition) is 7. The van der Waals surface area contributed by atoms with Crippen molar-refractivity contribution in [3.63, 3.8) is 0 Å². The molecule has 24 heavy (non-hydrogen) atoms. The van der Waals surface area contributed by atoms with Crippen molar-refractivity contribution in [2.24, 2.45) is 0 Å². The Balaban J connectivity index is 1.43. The Labute approximate surface area is 142 Å². The van der Waals surface area contributed by atoms with E-state index in [0.29, 0.717) is 23.7 Å². The molecule has 0 amide bonds. The minimum absolute atomic E-state index is 0.0319. The Hall–Kier alpha value is -2.10. The molecule has 4 heterocycles. The molecule has 0 spiro atoms. The van der Waals surface area contributed by atoms with Crippen molar-refractivity contribution in [3.8, 4) is 0 Å². The number of morpholine rings is 1. The SMILES string of the molecule is Cc1nc([C@@H]2CN(CCn3cnc4ccsc4c3=O)CCO2)n[nH]1. The van der Waals surface area contributed by atoms with E-state index in [9.17, 15) is 4.79 Å². The van der Waals surface area contributed by atoms with Crippen molar-refractivity contribution in [1.29, 1.82) is 0 Å². The maximum atomic E-state index is 12.4. The number of fused-ring (bicyclic) bond motifs is 1. The summed E-state index contributed by atoms with van der Waals surface area (Å²) in [6, 6.07) is 1.87. The van der Waals surface area contributed by atoms with E-state index in [1.54, 1.807) is 10.9 Å². The van der Waals surface area contributed by atoms with Crippen molar-refractivity contribution in [1.82, 2.24) is 29.6 Å². The van der Waals surface area contributed by atoms with Gasteiger partial charge in [0.05, 0.1) is 18.5 Å². The smallest absolute Gasteiger partial charge is 0.271 e. The van der Waals surface area contributed by atoms with Gasteiger partial charge in [-0.25, -0.2) is 9.97 Å². The zero-order chi connectivity index (χ0) is 16.5. The molecule has 9 heteroatoms. The van der Waals surface area contributed by atoms with Crippen LogP contribution in [0.25, 0.3) is 10.2 Å². The number of aromatic amines is 1. The van der Waals surface area contributed by atoms with E-state index < -0.39 is 0 Å². The third-order valence-corrected chi connectivity index (χ3v) is 5.04. The first kappa shape index (κ1) is 15.4. The summed E-state index contributed by atoms with van der Waals surface area (Å²) in [4.78, 5) is 23.4. The van der Waals surface area contributed by atoms with Crippen molar-refractivity contribution in [3.05, 3.63) is 39.8 Å². The van der Waals surface area contributed by atoms with E-state index >= 15 is 0 Å². The van der Waals surface area contributed by atoms with Crippen LogP contribution in [0.2, 0.25) is 0 Å². The molecular weight excluding hydrogens is 328 g/mol. The molecule has 1 fully saturated rings. The normalized spacial score (nSPS) is 19.1. The molecule has 1 atom stereocenters. The third kappa shape index (κ3) is 2.97. The number of ether oxygens (including phenoxy) is 1. The van der Waals surface area contributed by atoms with Gasteiger partial charge in [-0.1, -0.05) is 0 Å². The summed E-state index contributed by atoms with van der Waals surface area (Å²) in [5.74, 6) is 1.48. The second-order valence-electron chi connectivity index (χ2n) is 5.82. The quantitative estimate of drug-likeness (QED) is 0.757. The van der Waals surface area contributed by atoms with Crippen LogP contribution < -0.4 is 5.56 Å². The lowest BCUT2D eigenvalue weighted by atomic mass is 10.2. The Morgan fingerprint density at radius 2 is 2.38 bits per heavy atom. The second-order valence-corrected chi connectivity index (χ2v) is 6.73. The molecule has 3 aromatic rings. The molecule has 0 aromatic carbocycles. The molecule has 126 valence electrons. The predicted molar refractivity (Wildman–Crippen MR) is 90.1 cm³/mol. The van der Waals surface area contributed by atoms with Crippen LogP contribution in [0.4, 0.5) is 0 Å². The molecule has 1 N–H and O–H groups in total. The van der Waals surface area contributed by atoms with Crippen molar-refractivity contribution < 1.29 is 4.74 Å². The molecule has 0 radical (unpaired) electrons. The molecule has 1 aliphatic rings. The second kappa shape index (κ2) is 6.42. The Morgan fingerprint density at radius 3 is 3.21 bits per heavy atom. The van der Waals surface area contributed by atoms with Gasteiger partial charge in [0.2, 0.25) is 0 Å². The van der Waals surface area contributed by atoms with Crippen molar-refractivity contribution in [2.45, 2.75) is 19.6 Å². The van der Waals surface area contributed by atoms with E-state index in [1.165, 1.54) is 11.3 Å². The van der Waals surface area contributed by atoms with Crippen LogP contribution in [-0.4, -0.2) is 55.9 Å². The van der Waals surface area contributed by atoms with Crippen molar-refractivity contribution >= 4 is 21.6 Å². The van der Waals surface area contributed by atoms with Crippen molar-refractivity contribution in [2.75, 3.05) is 26.2 Å². The van der Waals surface area contributed by atoms with Gasteiger partial charge >= 0.3 is 0 Å². The van der Waals surface area contributed by atoms with Gasteiger partial charge in [0.1, 0.15) is 16.6 Å². The average Bonchev–Trinajstić information content (AvgIpc) is 3.24. The minimum Gasteiger partial charge on any atom is -0.367 e. The largest absolute Gasteiger partial charge is 0.367 e. The van der Waals surface area contributed by atoms with E-state index in [-0.39, 0.29) is 11.7 Å². The highest BCUT2D eigenvalue weighted by Gasteiger charge is 2.24. The number of H-pyrrole nitrogens is 1. The average molecular weight is 346 g/mol. The number of hydrogen-bond donors (Lipinski definition) is 1. The van der Waals surface area contributed by atoms with Gasteiger partial charge in [-0.2, -0.15) is 5.10 Å². The van der Waals surface area contributed by atoms with Crippen LogP contribution in [0.5, 0.6) is 0 Å². The summed E-state index contributed by atoms with van der Waals surface area (Å²) in [7, 11) is 0. The van der Waals surface area contributed by atoms with E-state index in [4.69, 9.17) is 4.74 Å². The lowest BCUT2D eigenvalue weighted by Crippen LogP contribution is -2.41. The summed E-state index contributed by atoms with van der Waals surface area (Å²) in [5, 5.41) is 8.93. The summed E-state index contributed by atoms with van der Waals surface area (Å²) in [5.41, 5.74) is 0.803. The van der Waals surface area contributed by atoms with Crippen LogP contribution in [0.15, 0.2) is 22.6 Å². The van der Waals surface area contributed by atoms with Gasteiger partial charge in [-0.15, -0.1) is 11.3 Å². The molecule has 1 saturated heterocycles. The first-order valence-corrected chi connectivity index (χ1v) is 8.74. The lowest BCUT2D eigenvalue weighted by Gasteiger charge is -2.31. The predicted octanol–water partition coefficient (Wildman–Crippen LogP) is 0.958. The van der Waals surface area contributed by atoms with Gasteiger partial charge in [0, 0.05) is 26.2 Å².